The van der Waals surface area contributed by atoms with E-state index in [2.05, 4.69) is 10.3 Å². The molecule has 1 heterocycles. The van der Waals surface area contributed by atoms with E-state index in [1.807, 2.05) is 0 Å². The number of nitro benzene ring substituents is 1. The lowest BCUT2D eigenvalue weighted by Crippen LogP contribution is -2.43. The number of alkyl halides is 3. The first-order chi connectivity index (χ1) is 10.8. The second-order valence-electron chi connectivity index (χ2n) is 4.58. The number of imidazole rings is 1. The minimum atomic E-state index is -1.47. The summed E-state index contributed by atoms with van der Waals surface area (Å²) in [6, 6.07) is 5.14. The van der Waals surface area contributed by atoms with Crippen LogP contribution in [0.5, 0.6) is 0 Å². The predicted octanol–water partition coefficient (Wildman–Crippen LogP) is 3.13. The fourth-order valence-electron chi connectivity index (χ4n) is 1.84. The summed E-state index contributed by atoms with van der Waals surface area (Å²) in [6.45, 7) is 0. The summed E-state index contributed by atoms with van der Waals surface area (Å²) in [6.07, 6.45) is 3.65. The molecule has 7 nitrogen and oxygen atoms in total. The molecule has 1 aromatic heterocycles. The van der Waals surface area contributed by atoms with Gasteiger partial charge in [-0.25, -0.2) is 4.98 Å². The molecule has 2 rings (SSSR count). The summed E-state index contributed by atoms with van der Waals surface area (Å²) in [7, 11) is 0. The van der Waals surface area contributed by atoms with Crippen LogP contribution in [0.3, 0.4) is 0 Å². The highest BCUT2D eigenvalue weighted by molar-refractivity contribution is 6.51. The van der Waals surface area contributed by atoms with Gasteiger partial charge in [-0.15, -0.1) is 11.6 Å². The molecule has 1 amide bonds. The third-order valence-corrected chi connectivity index (χ3v) is 4.39. The average Bonchev–Trinajstić information content (AvgIpc) is 3.06. The summed E-state index contributed by atoms with van der Waals surface area (Å²) >= 11 is 18.1. The number of aromatic nitrogens is 2. The zero-order chi connectivity index (χ0) is 17.0. The van der Waals surface area contributed by atoms with Crippen molar-refractivity contribution in [2.24, 2.45) is 0 Å². The number of non-ortho nitro benzene ring substituents is 1. The van der Waals surface area contributed by atoms with E-state index in [1.54, 1.807) is 6.20 Å². The van der Waals surface area contributed by atoms with Crippen molar-refractivity contribution in [3.8, 4) is 0 Å². The van der Waals surface area contributed by atoms with Gasteiger partial charge in [0.2, 0.25) is 0 Å². The van der Waals surface area contributed by atoms with Crippen LogP contribution in [0.1, 0.15) is 16.5 Å². The molecule has 0 aliphatic heterocycles. The molecule has 0 bridgehead atoms. The predicted molar refractivity (Wildman–Crippen MR) is 87.0 cm³/mol. The van der Waals surface area contributed by atoms with E-state index >= 15 is 0 Å². The molecule has 2 aromatic rings. The van der Waals surface area contributed by atoms with Gasteiger partial charge in [0, 0.05) is 30.1 Å². The highest BCUT2D eigenvalue weighted by Crippen LogP contribution is 2.34. The molecule has 0 aliphatic rings. The van der Waals surface area contributed by atoms with Crippen LogP contribution >= 0.6 is 34.8 Å². The van der Waals surface area contributed by atoms with Crippen LogP contribution in [0, 0.1) is 10.1 Å². The Hall–Kier alpha value is -1.83. The van der Waals surface area contributed by atoms with E-state index in [4.69, 9.17) is 34.8 Å². The molecule has 1 N–H and O–H groups in total. The molecule has 23 heavy (non-hydrogen) atoms. The molecule has 1 aromatic carbocycles. The van der Waals surface area contributed by atoms with Crippen molar-refractivity contribution in [3.05, 3.63) is 58.7 Å². The quantitative estimate of drug-likeness (QED) is 0.476. The molecule has 1 atom stereocenters. The summed E-state index contributed by atoms with van der Waals surface area (Å²) in [5.41, 5.74) is 0.108. The first-order valence-electron chi connectivity index (χ1n) is 6.31. The Bertz CT molecular complexity index is 689. The lowest BCUT2D eigenvalue weighted by molar-refractivity contribution is -0.384. The molecule has 122 valence electrons. The normalized spacial score (nSPS) is 12.7. The van der Waals surface area contributed by atoms with Crippen molar-refractivity contribution >= 4 is 46.4 Å². The third kappa shape index (κ3) is 4.13. The van der Waals surface area contributed by atoms with Crippen LogP contribution < -0.4 is 5.32 Å². The van der Waals surface area contributed by atoms with Crippen molar-refractivity contribution in [1.82, 2.24) is 14.9 Å². The number of amides is 1. The summed E-state index contributed by atoms with van der Waals surface area (Å²) in [4.78, 5) is 26.3. The lowest BCUT2D eigenvalue weighted by Gasteiger charge is -2.29. The van der Waals surface area contributed by atoms with Crippen LogP contribution in [0.25, 0.3) is 0 Å². The first-order valence-corrected chi connectivity index (χ1v) is 7.61. The summed E-state index contributed by atoms with van der Waals surface area (Å²) in [5.74, 6) is -0.645. The first kappa shape index (κ1) is 17.5. The Morgan fingerprint density at radius 1 is 1.39 bits per heavy atom. The van der Waals surface area contributed by atoms with Crippen molar-refractivity contribution in [3.63, 3.8) is 0 Å². The highest BCUT2D eigenvalue weighted by atomic mass is 35.5. The second-order valence-corrected chi connectivity index (χ2v) is 6.39. The molecule has 0 aliphatic carbocycles. The topological polar surface area (TPSA) is 90.1 Å². The van der Waals surface area contributed by atoms with Gasteiger partial charge < -0.3 is 9.88 Å². The van der Waals surface area contributed by atoms with E-state index in [9.17, 15) is 14.9 Å². The molecular weight excluding hydrogens is 367 g/mol. The van der Waals surface area contributed by atoms with Gasteiger partial charge in [-0.2, -0.15) is 0 Å². The number of nitro groups is 1. The monoisotopic (exact) mass is 376 g/mol. The molecule has 1 unspecified atom stereocenters. The van der Waals surface area contributed by atoms with Crippen molar-refractivity contribution in [1.29, 1.82) is 0 Å². The Morgan fingerprint density at radius 2 is 2.04 bits per heavy atom. The standard InChI is InChI=1S/C13H11Cl3N4O3/c14-7-13(15,16)12(19-6-5-17-8-19)18-11(21)9-1-3-10(4-2-9)20(22)23/h1-6,8,12H,7H2,(H,18,21). The number of hydrogen-bond donors (Lipinski definition) is 1. The number of carbonyl (C=O) groups is 1. The van der Waals surface area contributed by atoms with E-state index in [0.29, 0.717) is 0 Å². The molecule has 0 fully saturated rings. The molecule has 0 radical (unpaired) electrons. The third-order valence-electron chi connectivity index (χ3n) is 3.01. The van der Waals surface area contributed by atoms with Crippen LogP contribution in [0.4, 0.5) is 5.69 Å². The number of nitrogens with one attached hydrogen (secondary N) is 1. The number of rotatable bonds is 6. The fraction of sp³-hybridized carbons (Fsp3) is 0.231. The van der Waals surface area contributed by atoms with Crippen molar-refractivity contribution in [2.45, 2.75) is 10.5 Å². The number of hydrogen-bond acceptors (Lipinski definition) is 4. The maximum absolute atomic E-state index is 12.3. The van der Waals surface area contributed by atoms with Gasteiger partial charge in [-0.05, 0) is 12.1 Å². The van der Waals surface area contributed by atoms with Crippen LogP contribution in [-0.2, 0) is 0 Å². The van der Waals surface area contributed by atoms with Gasteiger partial charge in [-0.3, -0.25) is 14.9 Å². The number of halogens is 3. The van der Waals surface area contributed by atoms with Gasteiger partial charge in [0.25, 0.3) is 11.6 Å². The average molecular weight is 378 g/mol. The Balaban J connectivity index is 2.22. The summed E-state index contributed by atoms with van der Waals surface area (Å²) in [5, 5.41) is 13.3. The van der Waals surface area contributed by atoms with Gasteiger partial charge in [0.15, 0.2) is 4.33 Å². The zero-order valence-corrected chi connectivity index (χ0v) is 13.8. The van der Waals surface area contributed by atoms with Crippen molar-refractivity contribution in [2.75, 3.05) is 5.88 Å². The SMILES string of the molecule is O=C(NC(n1ccnc1)C(Cl)(Cl)CCl)c1ccc([N+](=O)[O-])cc1. The van der Waals surface area contributed by atoms with Crippen molar-refractivity contribution < 1.29 is 9.72 Å². The largest absolute Gasteiger partial charge is 0.329 e. The van der Waals surface area contributed by atoms with Gasteiger partial charge in [-0.1, -0.05) is 23.2 Å². The molecule has 10 heteroatoms. The molecule has 0 saturated heterocycles. The summed E-state index contributed by atoms with van der Waals surface area (Å²) < 4.78 is 0.0321. The van der Waals surface area contributed by atoms with Gasteiger partial charge in [0.1, 0.15) is 6.17 Å². The van der Waals surface area contributed by atoms with Gasteiger partial charge >= 0.3 is 0 Å². The van der Waals surface area contributed by atoms with E-state index in [-0.39, 0.29) is 17.1 Å². The minimum Gasteiger partial charge on any atom is -0.329 e. The number of carbonyl (C=O) groups excluding carboxylic acids is 1. The Kier molecular flexibility index (Phi) is 5.46. The Labute approximate surface area is 146 Å². The fourth-order valence-corrected chi connectivity index (χ4v) is 2.32. The second kappa shape index (κ2) is 7.16. The number of nitrogens with zero attached hydrogens (tertiary/aromatic N) is 3. The van der Waals surface area contributed by atoms with Crippen LogP contribution in [0.15, 0.2) is 43.0 Å². The van der Waals surface area contributed by atoms with E-state index in [0.717, 1.165) is 0 Å². The molecular formula is C13H11Cl3N4O3. The van der Waals surface area contributed by atoms with E-state index in [1.165, 1.54) is 41.4 Å². The highest BCUT2D eigenvalue weighted by Gasteiger charge is 2.37. The van der Waals surface area contributed by atoms with Gasteiger partial charge in [0.05, 0.1) is 17.1 Å². The maximum Gasteiger partial charge on any atom is 0.269 e. The number of benzene rings is 1. The smallest absolute Gasteiger partial charge is 0.269 e. The molecule has 0 spiro atoms. The van der Waals surface area contributed by atoms with Crippen LogP contribution in [-0.4, -0.2) is 30.6 Å². The Morgan fingerprint density at radius 3 is 2.52 bits per heavy atom. The van der Waals surface area contributed by atoms with Crippen LogP contribution in [0.2, 0.25) is 0 Å². The molecule has 0 saturated carbocycles. The minimum absolute atomic E-state index is 0.113. The zero-order valence-electron chi connectivity index (χ0n) is 11.5. The maximum atomic E-state index is 12.3. The lowest BCUT2D eigenvalue weighted by atomic mass is 10.2. The van der Waals surface area contributed by atoms with E-state index < -0.39 is 21.3 Å².